The first-order valence-electron chi connectivity index (χ1n) is 14.2. The van der Waals surface area contributed by atoms with E-state index in [2.05, 4.69) is 34.7 Å². The smallest absolute Gasteiger partial charge is 0.264 e. The van der Waals surface area contributed by atoms with Crippen LogP contribution in [0, 0.1) is 5.92 Å². The third-order valence-corrected chi connectivity index (χ3v) is 9.08. The molecule has 3 aromatic rings. The Kier molecular flexibility index (Phi) is 6.64. The van der Waals surface area contributed by atoms with Gasteiger partial charge in [0.2, 0.25) is 0 Å². The lowest BCUT2D eigenvalue weighted by Gasteiger charge is -2.46. The lowest BCUT2D eigenvalue weighted by Crippen LogP contribution is -2.47. The molecule has 0 bridgehead atoms. The van der Waals surface area contributed by atoms with Crippen molar-refractivity contribution in [2.24, 2.45) is 13.0 Å². The van der Waals surface area contributed by atoms with Crippen molar-refractivity contribution in [1.82, 2.24) is 25.1 Å². The molecule has 1 aliphatic heterocycles. The second-order valence-electron chi connectivity index (χ2n) is 12.2. The molecule has 2 aliphatic carbocycles. The van der Waals surface area contributed by atoms with Crippen LogP contribution in [0.1, 0.15) is 97.7 Å². The molecule has 0 spiro atoms. The minimum atomic E-state index is -2.67. The fourth-order valence-electron chi connectivity index (χ4n) is 6.78. The number of rotatable bonds is 9. The largest absolute Gasteiger partial charge is 0.370 e. The first-order valence-corrected chi connectivity index (χ1v) is 14.2. The van der Waals surface area contributed by atoms with E-state index in [-0.39, 0.29) is 29.0 Å². The second kappa shape index (κ2) is 9.90. The molecule has 0 atom stereocenters. The average molecular weight is 550 g/mol. The molecule has 6 rings (SSSR count). The minimum absolute atomic E-state index is 0.0325. The highest BCUT2D eigenvalue weighted by Crippen LogP contribution is 2.52. The van der Waals surface area contributed by atoms with Gasteiger partial charge in [0.15, 0.2) is 0 Å². The number of carbonyl (C=O) groups excluding carboxylic acids is 1. The van der Waals surface area contributed by atoms with E-state index in [1.807, 2.05) is 30.7 Å². The van der Waals surface area contributed by atoms with E-state index >= 15 is 0 Å². The van der Waals surface area contributed by atoms with Crippen LogP contribution in [0.2, 0.25) is 0 Å². The zero-order chi connectivity index (χ0) is 28.2. The number of aromatic nitrogens is 4. The van der Waals surface area contributed by atoms with Crippen LogP contribution >= 0.6 is 0 Å². The predicted molar refractivity (Wildman–Crippen MR) is 150 cm³/mol. The molecule has 2 aromatic heterocycles. The number of carbonyl (C=O) groups is 1. The lowest BCUT2D eigenvalue weighted by molar-refractivity contribution is 0.0995. The summed E-state index contributed by atoms with van der Waals surface area (Å²) in [7, 11) is 1.94. The van der Waals surface area contributed by atoms with Crippen molar-refractivity contribution in [2.45, 2.75) is 83.3 Å². The van der Waals surface area contributed by atoms with E-state index in [0.717, 1.165) is 37.1 Å². The van der Waals surface area contributed by atoms with Gasteiger partial charge in [0, 0.05) is 36.8 Å². The molecule has 0 radical (unpaired) electrons. The van der Waals surface area contributed by atoms with Gasteiger partial charge in [-0.2, -0.15) is 0 Å². The number of nitrogens with one attached hydrogen (secondary N) is 2. The standard InChI is InChI=1S/C30H37F2N7O/c1-5-33-24-11-20(30(13-18(2)14-30)28-37-35-17-38(28)4)12-25(36-24)39-16-23-21(26(31)32)9-19(10-22(23)27(39)40)15-34-29(3)7-6-8-29/h9-12,17-18,26,34H,5-8,13-16H2,1-4H3,(H,33,36). The third-order valence-electron chi connectivity index (χ3n) is 9.08. The Hall–Kier alpha value is -3.40. The van der Waals surface area contributed by atoms with Crippen molar-refractivity contribution in [1.29, 1.82) is 0 Å². The Bertz CT molecular complexity index is 1440. The number of halogens is 2. The molecule has 2 N–H and O–H groups in total. The number of nitrogens with zero attached hydrogens (tertiary/aromatic N) is 5. The maximum Gasteiger partial charge on any atom is 0.264 e. The molecule has 8 nitrogen and oxygen atoms in total. The van der Waals surface area contributed by atoms with Gasteiger partial charge in [0.25, 0.3) is 12.3 Å². The minimum Gasteiger partial charge on any atom is -0.370 e. The SMILES string of the molecule is CCNc1cc(C2(c3nncn3C)CC(C)C2)cc(N2Cc3c(cc(CNC4(C)CCC4)cc3C(F)F)C2=O)n1. The molecule has 3 aliphatic rings. The van der Waals surface area contributed by atoms with E-state index in [4.69, 9.17) is 4.98 Å². The molecular weight excluding hydrogens is 512 g/mol. The number of aryl methyl sites for hydroxylation is 1. The fraction of sp³-hybridized carbons (Fsp3) is 0.533. The molecule has 3 heterocycles. The number of hydrogen-bond donors (Lipinski definition) is 2. The molecule has 0 saturated heterocycles. The summed E-state index contributed by atoms with van der Waals surface area (Å²) >= 11 is 0. The zero-order valence-corrected chi connectivity index (χ0v) is 23.6. The first kappa shape index (κ1) is 26.8. The summed E-state index contributed by atoms with van der Waals surface area (Å²) in [6.45, 7) is 7.53. The van der Waals surface area contributed by atoms with E-state index < -0.39 is 6.43 Å². The van der Waals surface area contributed by atoms with Gasteiger partial charge < -0.3 is 15.2 Å². The van der Waals surface area contributed by atoms with Crippen LogP contribution in [0.3, 0.4) is 0 Å². The quantitative estimate of drug-likeness (QED) is 0.367. The molecule has 0 unspecified atom stereocenters. The van der Waals surface area contributed by atoms with Gasteiger partial charge in [-0.05, 0) is 92.8 Å². The normalized spacial score (nSPS) is 23.2. The Labute approximate surface area is 233 Å². The van der Waals surface area contributed by atoms with Crippen LogP contribution in [-0.2, 0) is 25.6 Å². The van der Waals surface area contributed by atoms with Gasteiger partial charge in [0.1, 0.15) is 23.8 Å². The van der Waals surface area contributed by atoms with Crippen molar-refractivity contribution >= 4 is 17.5 Å². The summed E-state index contributed by atoms with van der Waals surface area (Å²) in [6.07, 6.45) is 4.13. The highest BCUT2D eigenvalue weighted by Gasteiger charge is 2.49. The van der Waals surface area contributed by atoms with Gasteiger partial charge >= 0.3 is 0 Å². The van der Waals surface area contributed by atoms with E-state index in [1.54, 1.807) is 18.5 Å². The summed E-state index contributed by atoms with van der Waals surface area (Å²) in [5.74, 6) is 2.19. The Morgan fingerprint density at radius 2 is 1.95 bits per heavy atom. The number of anilines is 2. The highest BCUT2D eigenvalue weighted by atomic mass is 19.3. The first-order chi connectivity index (χ1) is 19.1. The van der Waals surface area contributed by atoms with E-state index in [1.165, 1.54) is 11.3 Å². The van der Waals surface area contributed by atoms with Gasteiger partial charge in [-0.3, -0.25) is 9.69 Å². The summed E-state index contributed by atoms with van der Waals surface area (Å²) < 4.78 is 30.5. The second-order valence-corrected chi connectivity index (χ2v) is 12.2. The van der Waals surface area contributed by atoms with Crippen LogP contribution in [0.4, 0.5) is 20.4 Å². The van der Waals surface area contributed by atoms with Crippen LogP contribution < -0.4 is 15.5 Å². The fourth-order valence-corrected chi connectivity index (χ4v) is 6.78. The third kappa shape index (κ3) is 4.46. The molecule has 10 heteroatoms. The number of alkyl halides is 2. The topological polar surface area (TPSA) is 88.0 Å². The van der Waals surface area contributed by atoms with Crippen molar-refractivity contribution < 1.29 is 13.6 Å². The number of fused-ring (bicyclic) bond motifs is 1. The molecule has 2 saturated carbocycles. The van der Waals surface area contributed by atoms with E-state index in [9.17, 15) is 13.6 Å². The van der Waals surface area contributed by atoms with Crippen molar-refractivity contribution in [3.8, 4) is 0 Å². The van der Waals surface area contributed by atoms with Crippen molar-refractivity contribution in [3.05, 3.63) is 64.2 Å². The maximum absolute atomic E-state index is 14.3. The van der Waals surface area contributed by atoms with Crippen molar-refractivity contribution in [3.63, 3.8) is 0 Å². The number of hydrogen-bond acceptors (Lipinski definition) is 6. The van der Waals surface area contributed by atoms with E-state index in [0.29, 0.717) is 47.3 Å². The highest BCUT2D eigenvalue weighted by molar-refractivity contribution is 6.10. The van der Waals surface area contributed by atoms with Gasteiger partial charge in [-0.1, -0.05) is 6.92 Å². The predicted octanol–water partition coefficient (Wildman–Crippen LogP) is 5.49. The Morgan fingerprint density at radius 1 is 1.18 bits per heavy atom. The molecule has 2 fully saturated rings. The van der Waals surface area contributed by atoms with Gasteiger partial charge in [-0.25, -0.2) is 13.8 Å². The van der Waals surface area contributed by atoms with Crippen LogP contribution in [0.15, 0.2) is 30.6 Å². The lowest BCUT2D eigenvalue weighted by atomic mass is 9.58. The summed E-state index contributed by atoms with van der Waals surface area (Å²) in [5.41, 5.74) is 2.03. The molecule has 1 amide bonds. The van der Waals surface area contributed by atoms with Crippen molar-refractivity contribution in [2.75, 3.05) is 16.8 Å². The number of pyridine rings is 1. The maximum atomic E-state index is 14.3. The Morgan fingerprint density at radius 3 is 2.55 bits per heavy atom. The monoisotopic (exact) mass is 549 g/mol. The molecular formula is C30H37F2N7O. The molecule has 1 aromatic carbocycles. The zero-order valence-electron chi connectivity index (χ0n) is 23.6. The van der Waals surface area contributed by atoms with Gasteiger partial charge in [-0.15, -0.1) is 10.2 Å². The molecule has 212 valence electrons. The van der Waals surface area contributed by atoms with Crippen LogP contribution in [-0.4, -0.2) is 37.7 Å². The van der Waals surface area contributed by atoms with Crippen LogP contribution in [0.5, 0.6) is 0 Å². The van der Waals surface area contributed by atoms with Gasteiger partial charge in [0.05, 0.1) is 12.0 Å². The molecule has 40 heavy (non-hydrogen) atoms. The Balaban J connectivity index is 1.38. The summed E-state index contributed by atoms with van der Waals surface area (Å²) in [6, 6.07) is 7.30. The van der Waals surface area contributed by atoms with Crippen LogP contribution in [0.25, 0.3) is 0 Å². The number of amides is 1. The summed E-state index contributed by atoms with van der Waals surface area (Å²) in [4.78, 5) is 20.1. The number of benzene rings is 1. The summed E-state index contributed by atoms with van der Waals surface area (Å²) in [5, 5.41) is 15.4. The average Bonchev–Trinajstić information content (AvgIpc) is 3.46.